The van der Waals surface area contributed by atoms with Crippen LogP contribution in [0.1, 0.15) is 271 Å². The van der Waals surface area contributed by atoms with Crippen LogP contribution in [0.25, 0.3) is 0 Å². The Balaban J connectivity index is 3.22. The predicted octanol–water partition coefficient (Wildman–Crippen LogP) is 14.9. The van der Waals surface area contributed by atoms with E-state index in [1.54, 1.807) is 0 Å². The summed E-state index contributed by atoms with van der Waals surface area (Å²) in [5, 5.41) is 6.26. The zero-order valence-electron chi connectivity index (χ0n) is 34.5. The van der Waals surface area contributed by atoms with Crippen LogP contribution in [-0.4, -0.2) is 24.9 Å². The molecule has 2 N–H and O–H groups in total. The van der Waals surface area contributed by atoms with Crippen molar-refractivity contribution in [1.82, 2.24) is 10.6 Å². The Labute approximate surface area is 315 Å². The van der Waals surface area contributed by atoms with Gasteiger partial charge in [-0.3, -0.25) is 9.59 Å². The number of nitrogens with one attached hydrogen (secondary N) is 2. The van der Waals surface area contributed by atoms with Crippen molar-refractivity contribution in [1.29, 1.82) is 0 Å². The normalized spacial score (nSPS) is 11.3. The van der Waals surface area contributed by atoms with Gasteiger partial charge in [0.05, 0.1) is 0 Å². The second kappa shape index (κ2) is 44.1. The molecule has 0 saturated carbocycles. The van der Waals surface area contributed by atoms with Crippen LogP contribution in [0.5, 0.6) is 0 Å². The van der Waals surface area contributed by atoms with Crippen molar-refractivity contribution in [3.63, 3.8) is 0 Å². The molecular weight excluding hydrogens is 613 g/mol. The first-order chi connectivity index (χ1) is 24.7. The molecule has 2 amide bonds. The predicted molar refractivity (Wildman–Crippen MR) is 222 cm³/mol. The smallest absolute Gasteiger partial charge is 0.219 e. The van der Waals surface area contributed by atoms with E-state index in [4.69, 9.17) is 0 Å². The number of hydrogen-bond donors (Lipinski definition) is 2. The summed E-state index contributed by atoms with van der Waals surface area (Å²) in [5.41, 5.74) is 0. The third-order valence-electron chi connectivity index (χ3n) is 10.8. The van der Waals surface area contributed by atoms with E-state index in [0.29, 0.717) is 12.8 Å². The largest absolute Gasteiger partial charge is 0.356 e. The molecule has 0 fully saturated rings. The van der Waals surface area contributed by atoms with Gasteiger partial charge < -0.3 is 10.6 Å². The fourth-order valence-corrected chi connectivity index (χ4v) is 7.26. The number of carbonyl (C=O) groups excluding carboxylic acids is 2. The molecule has 4 heteroatoms. The molecule has 298 valence electrons. The molecule has 0 aliphatic carbocycles. The summed E-state index contributed by atoms with van der Waals surface area (Å²) in [5.74, 6) is 0.503. The average molecular weight is 705 g/mol. The van der Waals surface area contributed by atoms with Gasteiger partial charge in [-0.15, -0.1) is 0 Å². The van der Waals surface area contributed by atoms with E-state index in [1.807, 2.05) is 0 Å². The molecule has 0 saturated heterocycles. The Bertz CT molecular complexity index is 611. The minimum atomic E-state index is 0.251. The molecule has 0 aromatic heterocycles. The van der Waals surface area contributed by atoms with Crippen molar-refractivity contribution in [3.8, 4) is 0 Å². The molecule has 0 radical (unpaired) electrons. The molecular formula is C46H92N2O2. The maximum atomic E-state index is 12.1. The standard InChI is InChI=1S/C46H92N2O2/c1-3-5-7-9-11-13-15-17-19-21-23-25-29-33-37-41-45(49)47-43-39-35-31-27-28-32-36-40-44-48-46(50)42-38-34-30-26-24-22-20-18-16-14-12-10-8-6-4-2/h3-44H2,1-2H3,(H,47,49)(H,48,50). The average Bonchev–Trinajstić information content (AvgIpc) is 3.12. The van der Waals surface area contributed by atoms with Crippen molar-refractivity contribution < 1.29 is 9.59 Å². The fourth-order valence-electron chi connectivity index (χ4n) is 7.26. The zero-order chi connectivity index (χ0) is 36.3. The molecule has 50 heavy (non-hydrogen) atoms. The van der Waals surface area contributed by atoms with Gasteiger partial charge in [0.2, 0.25) is 11.8 Å². The monoisotopic (exact) mass is 705 g/mol. The van der Waals surface area contributed by atoms with Crippen molar-refractivity contribution >= 4 is 11.8 Å². The molecule has 0 spiro atoms. The Hall–Kier alpha value is -1.06. The minimum absolute atomic E-state index is 0.251. The highest BCUT2D eigenvalue weighted by Crippen LogP contribution is 2.15. The van der Waals surface area contributed by atoms with Gasteiger partial charge in [0.25, 0.3) is 0 Å². The Morgan fingerprint density at radius 1 is 0.260 bits per heavy atom. The summed E-state index contributed by atoms with van der Waals surface area (Å²) in [6.07, 6.45) is 52.1. The second-order valence-corrected chi connectivity index (χ2v) is 15.9. The molecule has 0 aromatic carbocycles. The first kappa shape index (κ1) is 48.9. The minimum Gasteiger partial charge on any atom is -0.356 e. The van der Waals surface area contributed by atoms with Crippen LogP contribution in [0.3, 0.4) is 0 Å². The Morgan fingerprint density at radius 2 is 0.440 bits per heavy atom. The van der Waals surface area contributed by atoms with Gasteiger partial charge in [-0.1, -0.05) is 232 Å². The maximum absolute atomic E-state index is 12.1. The number of unbranched alkanes of at least 4 members (excludes halogenated alkanes) is 35. The summed E-state index contributed by atoms with van der Waals surface area (Å²) >= 11 is 0. The van der Waals surface area contributed by atoms with Gasteiger partial charge in [-0.25, -0.2) is 0 Å². The number of hydrogen-bond acceptors (Lipinski definition) is 2. The maximum Gasteiger partial charge on any atom is 0.219 e. The summed E-state index contributed by atoms with van der Waals surface area (Å²) in [6.45, 7) is 6.27. The molecule has 0 aromatic rings. The summed E-state index contributed by atoms with van der Waals surface area (Å²) in [6, 6.07) is 0. The van der Waals surface area contributed by atoms with Crippen LogP contribution in [0.2, 0.25) is 0 Å². The molecule has 0 unspecified atom stereocenters. The number of carbonyl (C=O) groups is 2. The van der Waals surface area contributed by atoms with E-state index in [1.165, 1.54) is 218 Å². The number of amides is 2. The van der Waals surface area contributed by atoms with Gasteiger partial charge in [0.15, 0.2) is 0 Å². The van der Waals surface area contributed by atoms with Crippen molar-refractivity contribution in [3.05, 3.63) is 0 Å². The first-order valence-corrected chi connectivity index (χ1v) is 23.2. The zero-order valence-corrected chi connectivity index (χ0v) is 34.5. The lowest BCUT2D eigenvalue weighted by molar-refractivity contribution is -0.122. The van der Waals surface area contributed by atoms with Gasteiger partial charge >= 0.3 is 0 Å². The van der Waals surface area contributed by atoms with Gasteiger partial charge in [-0.2, -0.15) is 0 Å². The molecule has 0 bridgehead atoms. The van der Waals surface area contributed by atoms with E-state index in [-0.39, 0.29) is 11.8 Å². The summed E-state index contributed by atoms with van der Waals surface area (Å²) in [7, 11) is 0. The van der Waals surface area contributed by atoms with Crippen molar-refractivity contribution in [2.24, 2.45) is 0 Å². The van der Waals surface area contributed by atoms with Crippen molar-refractivity contribution in [2.45, 2.75) is 271 Å². The van der Waals surface area contributed by atoms with E-state index < -0.39 is 0 Å². The van der Waals surface area contributed by atoms with Crippen LogP contribution in [0.15, 0.2) is 0 Å². The molecule has 4 nitrogen and oxygen atoms in total. The molecule has 0 rings (SSSR count). The molecule has 0 aliphatic heterocycles. The lowest BCUT2D eigenvalue weighted by Crippen LogP contribution is -2.24. The second-order valence-electron chi connectivity index (χ2n) is 15.9. The third kappa shape index (κ3) is 43.1. The van der Waals surface area contributed by atoms with Crippen LogP contribution >= 0.6 is 0 Å². The van der Waals surface area contributed by atoms with Crippen LogP contribution < -0.4 is 10.6 Å². The fraction of sp³-hybridized carbons (Fsp3) is 0.957. The van der Waals surface area contributed by atoms with E-state index in [9.17, 15) is 9.59 Å². The van der Waals surface area contributed by atoms with Crippen LogP contribution in [-0.2, 0) is 9.59 Å². The first-order valence-electron chi connectivity index (χ1n) is 23.2. The quantitative estimate of drug-likeness (QED) is 0.0621. The highest BCUT2D eigenvalue weighted by molar-refractivity contribution is 5.76. The van der Waals surface area contributed by atoms with Crippen LogP contribution in [0.4, 0.5) is 0 Å². The molecule has 0 aliphatic rings. The van der Waals surface area contributed by atoms with Gasteiger partial charge in [0, 0.05) is 25.9 Å². The molecule has 0 heterocycles. The highest BCUT2D eigenvalue weighted by atomic mass is 16.2. The third-order valence-corrected chi connectivity index (χ3v) is 10.8. The van der Waals surface area contributed by atoms with Gasteiger partial charge in [-0.05, 0) is 25.7 Å². The number of rotatable bonds is 43. The van der Waals surface area contributed by atoms with E-state index >= 15 is 0 Å². The summed E-state index contributed by atoms with van der Waals surface area (Å²) in [4.78, 5) is 24.2. The van der Waals surface area contributed by atoms with Crippen LogP contribution in [0, 0.1) is 0 Å². The van der Waals surface area contributed by atoms with E-state index in [2.05, 4.69) is 24.5 Å². The Morgan fingerprint density at radius 3 is 0.660 bits per heavy atom. The topological polar surface area (TPSA) is 58.2 Å². The Kier molecular flexibility index (Phi) is 43.2. The van der Waals surface area contributed by atoms with Crippen molar-refractivity contribution in [2.75, 3.05) is 13.1 Å². The SMILES string of the molecule is CCCCCCCCCCCCCCCCCC(=O)NCCCCCCCCCCNC(=O)CCCCCCCCCCCCCCCCC. The lowest BCUT2D eigenvalue weighted by atomic mass is 10.0. The summed E-state index contributed by atoms with van der Waals surface area (Å²) < 4.78 is 0. The van der Waals surface area contributed by atoms with E-state index in [0.717, 1.165) is 38.8 Å². The highest BCUT2D eigenvalue weighted by Gasteiger charge is 2.03. The lowest BCUT2D eigenvalue weighted by Gasteiger charge is -2.07. The molecule has 0 atom stereocenters. The van der Waals surface area contributed by atoms with Gasteiger partial charge in [0.1, 0.15) is 0 Å².